The molecule has 1 aliphatic heterocycles. The number of amides is 1. The van der Waals surface area contributed by atoms with Crippen molar-refractivity contribution in [2.75, 3.05) is 19.6 Å². The van der Waals surface area contributed by atoms with Crippen LogP contribution in [0, 0.1) is 5.92 Å². The first kappa shape index (κ1) is 30.2. The van der Waals surface area contributed by atoms with E-state index >= 15 is 0 Å². The molecule has 2 aromatic rings. The number of hydrogen-bond acceptors (Lipinski definition) is 3. The Morgan fingerprint density at radius 1 is 1.08 bits per heavy atom. The van der Waals surface area contributed by atoms with Crippen molar-refractivity contribution in [2.24, 2.45) is 5.92 Å². The molecule has 2 aromatic carbocycles. The van der Waals surface area contributed by atoms with E-state index in [0.717, 1.165) is 56.5 Å². The second-order valence-corrected chi connectivity index (χ2v) is 10.6. The summed E-state index contributed by atoms with van der Waals surface area (Å²) in [6, 6.07) is 17.4. The molecule has 208 valence electrons. The molecule has 1 atom stereocenters. The van der Waals surface area contributed by atoms with E-state index in [0.29, 0.717) is 23.8 Å². The van der Waals surface area contributed by atoms with Crippen LogP contribution < -0.4 is 10.1 Å². The van der Waals surface area contributed by atoms with Gasteiger partial charge in [-0.3, -0.25) is 9.69 Å². The summed E-state index contributed by atoms with van der Waals surface area (Å²) in [4.78, 5) is 15.8. The van der Waals surface area contributed by atoms with E-state index in [9.17, 15) is 4.79 Å². The third-order valence-electron chi connectivity index (χ3n) is 6.99. The van der Waals surface area contributed by atoms with Gasteiger partial charge in [0.2, 0.25) is 0 Å². The molecule has 0 radical (unpaired) electrons. The standard InChI is InChI=1S/C33H40N2O2.C2H6/c1-25(2)20-32(26(3)22-35-19-11-17-28-14-8-5-9-15-30(28)23-35)34-33(36)29-16-10-18-31(21-29)37-24-27-12-6-4-7-13-27;1-2/h4-10,12-13,15-16,18,21,25,32H,3,11,14,17,19-20,22-24H2,1-2H3,(H,34,36);1-2H3/t32-;/m0./s1. The van der Waals surface area contributed by atoms with Crippen LogP contribution in [0.25, 0.3) is 0 Å². The van der Waals surface area contributed by atoms with Gasteiger partial charge in [-0.05, 0) is 73.1 Å². The molecule has 0 bridgehead atoms. The molecule has 4 heteroatoms. The molecule has 0 spiro atoms. The van der Waals surface area contributed by atoms with Crippen molar-refractivity contribution < 1.29 is 9.53 Å². The first-order valence-electron chi connectivity index (χ1n) is 14.5. The van der Waals surface area contributed by atoms with E-state index < -0.39 is 0 Å². The van der Waals surface area contributed by atoms with Gasteiger partial charge in [0.1, 0.15) is 12.4 Å². The van der Waals surface area contributed by atoms with Crippen LogP contribution in [0.1, 0.15) is 69.3 Å². The monoisotopic (exact) mass is 526 g/mol. The number of carbonyl (C=O) groups excluding carboxylic acids is 1. The number of rotatable bonds is 10. The summed E-state index contributed by atoms with van der Waals surface area (Å²) in [6.07, 6.45) is 13.0. The van der Waals surface area contributed by atoms with Crippen LogP contribution in [0.5, 0.6) is 5.75 Å². The highest BCUT2D eigenvalue weighted by atomic mass is 16.5. The lowest BCUT2D eigenvalue weighted by Gasteiger charge is -2.28. The summed E-state index contributed by atoms with van der Waals surface area (Å²) < 4.78 is 5.95. The quantitative estimate of drug-likeness (QED) is 0.320. The lowest BCUT2D eigenvalue weighted by atomic mass is 9.96. The fraction of sp³-hybridized carbons (Fsp3) is 0.400. The Balaban J connectivity index is 0.00000205. The largest absolute Gasteiger partial charge is 0.489 e. The van der Waals surface area contributed by atoms with Gasteiger partial charge >= 0.3 is 0 Å². The molecule has 1 heterocycles. The normalized spacial score (nSPS) is 15.9. The lowest BCUT2D eigenvalue weighted by molar-refractivity contribution is 0.0937. The minimum Gasteiger partial charge on any atom is -0.489 e. The Hall–Kier alpha value is -3.37. The Kier molecular flexibility index (Phi) is 12.3. The topological polar surface area (TPSA) is 41.6 Å². The lowest BCUT2D eigenvalue weighted by Crippen LogP contribution is -2.41. The highest BCUT2D eigenvalue weighted by molar-refractivity contribution is 5.95. The molecule has 0 aromatic heterocycles. The maximum Gasteiger partial charge on any atom is 0.251 e. The van der Waals surface area contributed by atoms with Gasteiger partial charge in [0.25, 0.3) is 5.91 Å². The van der Waals surface area contributed by atoms with Crippen molar-refractivity contribution in [2.45, 2.75) is 66.0 Å². The minimum atomic E-state index is -0.0874. The van der Waals surface area contributed by atoms with Crippen molar-refractivity contribution in [3.8, 4) is 5.75 Å². The molecule has 1 aliphatic carbocycles. The zero-order valence-electron chi connectivity index (χ0n) is 24.3. The Morgan fingerprint density at radius 2 is 1.87 bits per heavy atom. The van der Waals surface area contributed by atoms with Crippen LogP contribution in [0.3, 0.4) is 0 Å². The van der Waals surface area contributed by atoms with Crippen LogP contribution >= 0.6 is 0 Å². The van der Waals surface area contributed by atoms with E-state index in [-0.39, 0.29) is 11.9 Å². The predicted molar refractivity (Wildman–Crippen MR) is 164 cm³/mol. The molecule has 0 unspecified atom stereocenters. The number of ether oxygens (including phenoxy) is 1. The summed E-state index contributed by atoms with van der Waals surface area (Å²) in [5.41, 5.74) is 5.76. The smallest absolute Gasteiger partial charge is 0.251 e. The first-order chi connectivity index (χ1) is 19.0. The minimum absolute atomic E-state index is 0.0792. The molecule has 4 nitrogen and oxygen atoms in total. The molecular formula is C35H46N2O2. The molecule has 2 aliphatic rings. The van der Waals surface area contributed by atoms with E-state index in [1.165, 1.54) is 5.57 Å². The average molecular weight is 527 g/mol. The van der Waals surface area contributed by atoms with Crippen LogP contribution in [0.15, 0.2) is 102 Å². The second kappa shape index (κ2) is 15.9. The van der Waals surface area contributed by atoms with E-state index in [2.05, 4.69) is 54.9 Å². The van der Waals surface area contributed by atoms with E-state index in [1.54, 1.807) is 5.57 Å². The third kappa shape index (κ3) is 9.71. The Morgan fingerprint density at radius 3 is 2.64 bits per heavy atom. The molecule has 1 amide bonds. The number of benzene rings is 2. The highest BCUT2D eigenvalue weighted by Crippen LogP contribution is 2.25. The molecule has 1 N–H and O–H groups in total. The van der Waals surface area contributed by atoms with Gasteiger partial charge in [-0.1, -0.05) is 101 Å². The fourth-order valence-electron chi connectivity index (χ4n) is 5.01. The molecular weight excluding hydrogens is 480 g/mol. The van der Waals surface area contributed by atoms with Gasteiger partial charge < -0.3 is 10.1 Å². The Bertz CT molecular complexity index is 1160. The van der Waals surface area contributed by atoms with Crippen molar-refractivity contribution in [3.63, 3.8) is 0 Å². The van der Waals surface area contributed by atoms with E-state index in [4.69, 9.17) is 4.74 Å². The average Bonchev–Trinajstić information content (AvgIpc) is 3.28. The first-order valence-corrected chi connectivity index (χ1v) is 14.5. The fourth-order valence-corrected chi connectivity index (χ4v) is 5.01. The van der Waals surface area contributed by atoms with Gasteiger partial charge in [0, 0.05) is 18.7 Å². The van der Waals surface area contributed by atoms with Gasteiger partial charge in [-0.15, -0.1) is 0 Å². The molecule has 0 saturated heterocycles. The maximum absolute atomic E-state index is 13.3. The summed E-state index contributed by atoms with van der Waals surface area (Å²) in [6.45, 7) is 16.1. The predicted octanol–water partition coefficient (Wildman–Crippen LogP) is 7.90. The molecule has 39 heavy (non-hydrogen) atoms. The summed E-state index contributed by atoms with van der Waals surface area (Å²) in [5, 5.41) is 3.28. The number of allylic oxidation sites excluding steroid dienone is 4. The maximum atomic E-state index is 13.3. The van der Waals surface area contributed by atoms with Crippen molar-refractivity contribution >= 4 is 5.91 Å². The van der Waals surface area contributed by atoms with Crippen molar-refractivity contribution in [3.05, 3.63) is 113 Å². The number of nitrogens with one attached hydrogen (secondary N) is 1. The van der Waals surface area contributed by atoms with E-state index in [1.807, 2.05) is 68.4 Å². The third-order valence-corrected chi connectivity index (χ3v) is 6.99. The van der Waals surface area contributed by atoms with Crippen LogP contribution in [0.2, 0.25) is 0 Å². The summed E-state index contributed by atoms with van der Waals surface area (Å²) >= 11 is 0. The van der Waals surface area contributed by atoms with Crippen molar-refractivity contribution in [1.29, 1.82) is 0 Å². The summed E-state index contributed by atoms with van der Waals surface area (Å²) in [5.74, 6) is 1.04. The number of hydrogen-bond donors (Lipinski definition) is 1. The number of nitrogens with zero attached hydrogens (tertiary/aromatic N) is 1. The Labute approximate surface area is 236 Å². The van der Waals surface area contributed by atoms with Crippen LogP contribution in [0.4, 0.5) is 0 Å². The highest BCUT2D eigenvalue weighted by Gasteiger charge is 2.22. The van der Waals surface area contributed by atoms with Gasteiger partial charge in [-0.25, -0.2) is 0 Å². The van der Waals surface area contributed by atoms with Crippen LogP contribution in [-0.2, 0) is 6.61 Å². The van der Waals surface area contributed by atoms with Crippen molar-refractivity contribution in [1.82, 2.24) is 10.2 Å². The van der Waals surface area contributed by atoms with Gasteiger partial charge in [-0.2, -0.15) is 0 Å². The van der Waals surface area contributed by atoms with Gasteiger partial charge in [0.05, 0.1) is 6.04 Å². The van der Waals surface area contributed by atoms with Crippen LogP contribution in [-0.4, -0.2) is 36.5 Å². The zero-order chi connectivity index (χ0) is 28.0. The molecule has 0 saturated carbocycles. The summed E-state index contributed by atoms with van der Waals surface area (Å²) in [7, 11) is 0. The zero-order valence-corrected chi connectivity index (χ0v) is 24.3. The van der Waals surface area contributed by atoms with Gasteiger partial charge in [0.15, 0.2) is 0 Å². The molecule has 4 rings (SSSR count). The molecule has 0 fully saturated rings. The number of carbonyl (C=O) groups is 1. The second-order valence-electron chi connectivity index (χ2n) is 10.6. The SMILES string of the molecule is C=C(CN1CCCC2=C(C=CC=CC2)C1)[C@H](CC(C)C)NC(=O)c1cccc(OCc2ccccc2)c1.CC.